The third-order valence-electron chi connectivity index (χ3n) is 4.79. The van der Waals surface area contributed by atoms with Crippen LogP contribution in [0.2, 0.25) is 0 Å². The molecule has 2 rings (SSSR count). The van der Waals surface area contributed by atoms with Gasteiger partial charge in [-0.25, -0.2) is 0 Å². The number of aliphatic hydroxyl groups is 1. The van der Waals surface area contributed by atoms with E-state index in [1.54, 1.807) is 0 Å². The van der Waals surface area contributed by atoms with Gasteiger partial charge in [0.2, 0.25) is 0 Å². The Labute approximate surface area is 129 Å². The minimum atomic E-state index is 0.334. The largest absolute Gasteiger partial charge is 0.396 e. The van der Waals surface area contributed by atoms with Gasteiger partial charge in [-0.1, -0.05) is 24.3 Å². The molecule has 1 saturated heterocycles. The molecule has 3 heteroatoms. The number of aliphatic hydroxyl groups excluding tert-OH is 1. The fourth-order valence-corrected chi connectivity index (χ4v) is 3.52. The van der Waals surface area contributed by atoms with Crippen molar-refractivity contribution < 1.29 is 5.11 Å². The molecule has 1 aliphatic heterocycles. The van der Waals surface area contributed by atoms with E-state index in [0.717, 1.165) is 25.9 Å². The van der Waals surface area contributed by atoms with E-state index in [0.29, 0.717) is 18.6 Å². The van der Waals surface area contributed by atoms with E-state index in [1.165, 1.54) is 30.5 Å². The molecular weight excluding hydrogens is 260 g/mol. The highest BCUT2D eigenvalue weighted by molar-refractivity contribution is 5.28. The van der Waals surface area contributed by atoms with Crippen LogP contribution in [-0.2, 0) is 0 Å². The van der Waals surface area contributed by atoms with Gasteiger partial charge in [-0.15, -0.1) is 0 Å². The highest BCUT2D eigenvalue weighted by Crippen LogP contribution is 2.23. The number of benzene rings is 1. The first-order chi connectivity index (χ1) is 10.2. The van der Waals surface area contributed by atoms with Crippen LogP contribution >= 0.6 is 0 Å². The summed E-state index contributed by atoms with van der Waals surface area (Å²) in [6, 6.07) is 9.10. The molecule has 1 heterocycles. The third-order valence-corrected chi connectivity index (χ3v) is 4.79. The average Bonchev–Trinajstić information content (AvgIpc) is 2.50. The summed E-state index contributed by atoms with van der Waals surface area (Å²) in [6.07, 6.45) is 4.67. The lowest BCUT2D eigenvalue weighted by Crippen LogP contribution is -2.37. The third kappa shape index (κ3) is 4.80. The van der Waals surface area contributed by atoms with Crippen molar-refractivity contribution in [1.82, 2.24) is 10.2 Å². The molecule has 0 saturated carbocycles. The molecule has 118 valence electrons. The van der Waals surface area contributed by atoms with Crippen molar-refractivity contribution >= 4 is 0 Å². The number of hydrogen-bond donors (Lipinski definition) is 2. The molecule has 2 atom stereocenters. The Hall–Kier alpha value is -0.900. The molecule has 0 spiro atoms. The molecule has 21 heavy (non-hydrogen) atoms. The van der Waals surface area contributed by atoms with Gasteiger partial charge in [-0.3, -0.25) is 0 Å². The SMILES string of the molecule is CNC(CCN1CCCC(CCO)C1)c1ccccc1C. The lowest BCUT2D eigenvalue weighted by Gasteiger charge is -2.33. The summed E-state index contributed by atoms with van der Waals surface area (Å²) in [5.74, 6) is 0.690. The standard InChI is InChI=1S/C18H30N2O/c1-15-6-3-4-8-17(15)18(19-2)9-12-20-11-5-7-16(14-20)10-13-21/h3-4,6,8,16,18-19,21H,5,7,9-14H2,1-2H3. The maximum atomic E-state index is 9.11. The maximum absolute atomic E-state index is 9.11. The Morgan fingerprint density at radius 2 is 2.19 bits per heavy atom. The molecule has 1 aromatic rings. The van der Waals surface area contributed by atoms with E-state index in [4.69, 9.17) is 5.11 Å². The van der Waals surface area contributed by atoms with Crippen molar-refractivity contribution in [2.75, 3.05) is 33.3 Å². The zero-order valence-corrected chi connectivity index (χ0v) is 13.5. The quantitative estimate of drug-likeness (QED) is 0.810. The predicted molar refractivity (Wildman–Crippen MR) is 88.5 cm³/mol. The van der Waals surface area contributed by atoms with Crippen molar-refractivity contribution in [3.8, 4) is 0 Å². The summed E-state index contributed by atoms with van der Waals surface area (Å²) in [5.41, 5.74) is 2.79. The molecule has 0 aliphatic carbocycles. The lowest BCUT2D eigenvalue weighted by molar-refractivity contribution is 0.143. The van der Waals surface area contributed by atoms with Gasteiger partial charge in [0.05, 0.1) is 0 Å². The summed E-state index contributed by atoms with van der Waals surface area (Å²) in [4.78, 5) is 2.58. The lowest BCUT2D eigenvalue weighted by atomic mass is 9.94. The van der Waals surface area contributed by atoms with Crippen LogP contribution in [0.4, 0.5) is 0 Å². The molecule has 0 radical (unpaired) electrons. The zero-order chi connectivity index (χ0) is 15.1. The van der Waals surface area contributed by atoms with Crippen molar-refractivity contribution in [3.63, 3.8) is 0 Å². The summed E-state index contributed by atoms with van der Waals surface area (Å²) in [5, 5.41) is 12.6. The van der Waals surface area contributed by atoms with Gasteiger partial charge in [0.1, 0.15) is 0 Å². The minimum Gasteiger partial charge on any atom is -0.396 e. The summed E-state index contributed by atoms with van der Waals surface area (Å²) in [7, 11) is 2.06. The molecule has 0 aromatic heterocycles. The van der Waals surface area contributed by atoms with Crippen LogP contribution in [0.5, 0.6) is 0 Å². The first-order valence-corrected chi connectivity index (χ1v) is 8.30. The van der Waals surface area contributed by atoms with Gasteiger partial charge in [0.25, 0.3) is 0 Å². The van der Waals surface area contributed by atoms with E-state index in [1.807, 2.05) is 0 Å². The number of hydrogen-bond acceptors (Lipinski definition) is 3. The summed E-state index contributed by atoms with van der Waals surface area (Å²) in [6.45, 7) is 6.04. The average molecular weight is 290 g/mol. The van der Waals surface area contributed by atoms with Crippen LogP contribution in [0.1, 0.15) is 42.9 Å². The molecule has 1 fully saturated rings. The van der Waals surface area contributed by atoms with E-state index in [2.05, 4.69) is 48.5 Å². The maximum Gasteiger partial charge on any atom is 0.0434 e. The van der Waals surface area contributed by atoms with Crippen LogP contribution in [0.15, 0.2) is 24.3 Å². The second kappa shape index (κ2) is 8.52. The molecule has 1 aromatic carbocycles. The monoisotopic (exact) mass is 290 g/mol. The Bertz CT molecular complexity index is 419. The van der Waals surface area contributed by atoms with E-state index in [-0.39, 0.29) is 0 Å². The smallest absolute Gasteiger partial charge is 0.0434 e. The summed E-state index contributed by atoms with van der Waals surface area (Å²) >= 11 is 0. The molecule has 2 N–H and O–H groups in total. The Morgan fingerprint density at radius 3 is 2.90 bits per heavy atom. The Balaban J connectivity index is 1.87. The minimum absolute atomic E-state index is 0.334. The number of nitrogens with zero attached hydrogens (tertiary/aromatic N) is 1. The molecule has 3 nitrogen and oxygen atoms in total. The first kappa shape index (κ1) is 16.5. The first-order valence-electron chi connectivity index (χ1n) is 8.30. The van der Waals surface area contributed by atoms with Gasteiger partial charge in [0.15, 0.2) is 0 Å². The molecule has 1 aliphatic rings. The van der Waals surface area contributed by atoms with Gasteiger partial charge in [0, 0.05) is 19.2 Å². The normalized spacial score (nSPS) is 21.4. The number of nitrogens with one attached hydrogen (secondary N) is 1. The van der Waals surface area contributed by atoms with Crippen molar-refractivity contribution in [3.05, 3.63) is 35.4 Å². The highest BCUT2D eigenvalue weighted by atomic mass is 16.3. The number of piperidine rings is 1. The van der Waals surface area contributed by atoms with Crippen LogP contribution in [-0.4, -0.2) is 43.3 Å². The molecule has 0 bridgehead atoms. The van der Waals surface area contributed by atoms with E-state index >= 15 is 0 Å². The fraction of sp³-hybridized carbons (Fsp3) is 0.667. The van der Waals surface area contributed by atoms with Gasteiger partial charge in [-0.2, -0.15) is 0 Å². The van der Waals surface area contributed by atoms with E-state index in [9.17, 15) is 0 Å². The highest BCUT2D eigenvalue weighted by Gasteiger charge is 2.20. The topological polar surface area (TPSA) is 35.5 Å². The van der Waals surface area contributed by atoms with Crippen molar-refractivity contribution in [2.24, 2.45) is 5.92 Å². The van der Waals surface area contributed by atoms with Crippen LogP contribution in [0.3, 0.4) is 0 Å². The predicted octanol–water partition coefficient (Wildman–Crippen LogP) is 2.74. The van der Waals surface area contributed by atoms with Crippen LogP contribution in [0, 0.1) is 12.8 Å². The number of aryl methyl sites for hydroxylation is 1. The van der Waals surface area contributed by atoms with Gasteiger partial charge in [-0.05, 0) is 69.8 Å². The van der Waals surface area contributed by atoms with Crippen molar-refractivity contribution in [1.29, 1.82) is 0 Å². The van der Waals surface area contributed by atoms with Crippen LogP contribution in [0.25, 0.3) is 0 Å². The van der Waals surface area contributed by atoms with E-state index < -0.39 is 0 Å². The number of likely N-dealkylation sites (tertiary alicyclic amines) is 1. The van der Waals surface area contributed by atoms with Crippen LogP contribution < -0.4 is 5.32 Å². The molecular formula is C18H30N2O. The van der Waals surface area contributed by atoms with Gasteiger partial charge < -0.3 is 15.3 Å². The second-order valence-electron chi connectivity index (χ2n) is 6.31. The Kier molecular flexibility index (Phi) is 6.68. The van der Waals surface area contributed by atoms with Gasteiger partial charge >= 0.3 is 0 Å². The van der Waals surface area contributed by atoms with Crippen molar-refractivity contribution in [2.45, 2.75) is 38.6 Å². The molecule has 0 amide bonds. The fourth-order valence-electron chi connectivity index (χ4n) is 3.52. The zero-order valence-electron chi connectivity index (χ0n) is 13.5. The second-order valence-corrected chi connectivity index (χ2v) is 6.31. The number of rotatable bonds is 7. The Morgan fingerprint density at radius 1 is 1.38 bits per heavy atom. The molecule has 2 unspecified atom stereocenters. The summed E-state index contributed by atoms with van der Waals surface area (Å²) < 4.78 is 0.